The molecule has 5 aliphatic rings. The number of aromatic nitrogens is 24. The summed E-state index contributed by atoms with van der Waals surface area (Å²) in [4.78, 5) is 125. The van der Waals surface area contributed by atoms with Gasteiger partial charge in [0.2, 0.25) is 0 Å². The highest BCUT2D eigenvalue weighted by molar-refractivity contribution is 5.82. The van der Waals surface area contributed by atoms with Crippen LogP contribution in [0.3, 0.4) is 0 Å². The summed E-state index contributed by atoms with van der Waals surface area (Å²) in [7, 11) is 4.27. The molecule has 5 saturated heterocycles. The molecule has 0 spiro atoms. The van der Waals surface area contributed by atoms with Crippen molar-refractivity contribution in [1.82, 2.24) is 142 Å². The van der Waals surface area contributed by atoms with Crippen LogP contribution in [0.15, 0.2) is 208 Å². The van der Waals surface area contributed by atoms with Crippen molar-refractivity contribution in [2.45, 2.75) is 149 Å². The minimum atomic E-state index is -0.181. The van der Waals surface area contributed by atoms with Gasteiger partial charge in [-0.25, -0.2) is 48.9 Å². The zero-order chi connectivity index (χ0) is 97.0. The second-order valence-corrected chi connectivity index (χ2v) is 37.4. The van der Waals surface area contributed by atoms with Gasteiger partial charge in [-0.05, 0) is 263 Å². The van der Waals surface area contributed by atoms with E-state index in [4.69, 9.17) is 13.3 Å². The molecule has 0 saturated carbocycles. The number of piperidine rings is 5. The largest absolute Gasteiger partial charge is 0.441 e. The molecule has 0 bridgehead atoms. The lowest BCUT2D eigenvalue weighted by Gasteiger charge is -2.30. The zero-order valence-corrected chi connectivity index (χ0v) is 80.2. The third-order valence-corrected chi connectivity index (χ3v) is 27.4. The van der Waals surface area contributed by atoms with Gasteiger partial charge in [0, 0.05) is 110 Å². The Bertz CT molecular complexity index is 8500. The van der Waals surface area contributed by atoms with E-state index in [1.165, 1.54) is 37.8 Å². The van der Waals surface area contributed by atoms with Gasteiger partial charge in [-0.2, -0.15) is 39.0 Å². The predicted molar refractivity (Wildman–Crippen MR) is 535 cm³/mol. The van der Waals surface area contributed by atoms with Crippen molar-refractivity contribution < 1.29 is 13.3 Å². The van der Waals surface area contributed by atoms with Crippen molar-refractivity contribution in [3.8, 4) is 56.5 Å². The number of fused-ring (bicyclic) bond motifs is 10. The van der Waals surface area contributed by atoms with Gasteiger partial charge in [0.1, 0.15) is 27.9 Å². The van der Waals surface area contributed by atoms with E-state index in [1.807, 2.05) is 176 Å². The number of benzene rings is 3. The van der Waals surface area contributed by atoms with Crippen molar-refractivity contribution in [3.05, 3.63) is 291 Å². The molecular weight excluding hydrogens is 1780 g/mol. The molecule has 22 heterocycles. The molecule has 25 rings (SSSR count). The standard InChI is InChI=1S/C22H23N5O2.C21H23N7O.C21H21N5O2.C20H21N7O.C20H19N5O2/c1-3-26-10-8-15(9-11-26)17-6-7-21-24-19(13-22(28)27(21)25-17)16-4-5-18-20(12-16)29-14(2)23-18;1-13-11-28-19(14(2)23-13)8-17(25-28)16-9-21(29)27-12-18(22-10-20(27)24-16)15-4-6-26(3)7-5-15;1-13-22-17-4-3-15(11-19(17)28-13)18-12-21(27)26-20(23-18)6-5-16(24-26)14-7-9-25(2)10-8-14;1-12-10-27-18(13(2)23-12)7-16(25-27)15-8-20(28)26-11-17(22-9-19(26)24-15)14-3-5-21-6-4-14;1-12-22-16-3-2-14(10-18(16)27-12)17-11-20(26)25-19(23-17)5-4-15(24-25)13-6-8-21-9-7-13/h4-7,12-13,15H,3,8-11H2,1-2H3;8-12,15H,4-7H2,1-3H3;3-6,11-12,14H,7-10H2,1-2H3;7-11,14,21H,3-6H2,1-2H3;2-5,10-11,13,21H,6-9H2,1H3. The van der Waals surface area contributed by atoms with E-state index in [0.29, 0.717) is 132 Å². The number of nitrogens with one attached hydrogen (secondary N) is 2. The van der Waals surface area contributed by atoms with Gasteiger partial charge in [0.15, 0.2) is 62.7 Å². The van der Waals surface area contributed by atoms with Crippen LogP contribution in [0, 0.1) is 48.5 Å². The number of aryl methyl sites for hydroxylation is 7. The van der Waals surface area contributed by atoms with Crippen LogP contribution in [-0.2, 0) is 0 Å². The summed E-state index contributed by atoms with van der Waals surface area (Å²) in [6.45, 7) is 26.8. The Morgan fingerprint density at radius 1 is 0.319 bits per heavy atom. The second kappa shape index (κ2) is 39.1. The number of hydrogen-bond acceptors (Lipinski definition) is 30. The maximum atomic E-state index is 12.8. The Balaban J connectivity index is 0.000000104. The molecule has 5 aliphatic heterocycles. The lowest BCUT2D eigenvalue weighted by molar-refractivity contribution is 0.220. The van der Waals surface area contributed by atoms with E-state index in [2.05, 4.69) is 132 Å². The van der Waals surface area contributed by atoms with Gasteiger partial charge in [0.25, 0.3) is 27.8 Å². The fourth-order valence-electron chi connectivity index (χ4n) is 19.7. The van der Waals surface area contributed by atoms with E-state index in [0.717, 1.165) is 232 Å². The normalized spacial score (nSPS) is 15.9. The second-order valence-electron chi connectivity index (χ2n) is 37.4. The third kappa shape index (κ3) is 19.7. The molecule has 0 unspecified atom stereocenters. The van der Waals surface area contributed by atoms with Crippen LogP contribution >= 0.6 is 0 Å². The Morgan fingerprint density at radius 2 is 0.645 bits per heavy atom. The minimum absolute atomic E-state index is 0.121. The van der Waals surface area contributed by atoms with Crippen LogP contribution in [-0.4, -0.2) is 217 Å². The van der Waals surface area contributed by atoms with E-state index in [1.54, 1.807) is 36.3 Å². The molecule has 0 atom stereocenters. The molecular formula is C104H107N29O8. The molecule has 0 amide bonds. The van der Waals surface area contributed by atoms with Crippen LogP contribution in [0.25, 0.3) is 129 Å². The lowest BCUT2D eigenvalue weighted by Crippen LogP contribution is -2.33. The number of nitrogens with zero attached hydrogens (tertiary/aromatic N) is 27. The van der Waals surface area contributed by atoms with E-state index in [-0.39, 0.29) is 27.8 Å². The summed E-state index contributed by atoms with van der Waals surface area (Å²) in [5.41, 5.74) is 23.3. The zero-order valence-electron chi connectivity index (χ0n) is 80.2. The SMILES string of the molecule is CCN1CCC(c2ccc3nc(-c4ccc5nc(C)oc5c4)cc(=O)n3n2)CC1.Cc1cn2nc(-c3cc(=O)n4cc(C5CCN(C)CC5)ncc4n3)cc2c(C)n1.Cc1cn2nc(-c3cc(=O)n4cc(C5CCNCC5)ncc4n3)cc2c(C)n1.Cc1nc2ccc(-c3cc(=O)n4nc(C5CCN(C)CC5)ccc4n3)cc2o1.Cc1nc2ccc(-c3cc(=O)n4nc(C5CCNCC5)ccc4n3)cc2o1. The molecule has 37 heteroatoms. The third-order valence-electron chi connectivity index (χ3n) is 27.4. The molecule has 3 aromatic carbocycles. The van der Waals surface area contributed by atoms with Gasteiger partial charge in [-0.3, -0.25) is 52.7 Å². The van der Waals surface area contributed by atoms with Crippen molar-refractivity contribution in [1.29, 1.82) is 0 Å². The molecule has 2 N–H and O–H groups in total. The molecule has 5 fully saturated rings. The number of likely N-dealkylation sites (tertiary alicyclic amines) is 3. The maximum absolute atomic E-state index is 12.8. The molecule has 37 nitrogen and oxygen atoms in total. The Labute approximate surface area is 806 Å². The van der Waals surface area contributed by atoms with Crippen LogP contribution < -0.4 is 38.4 Å². The first-order valence-corrected chi connectivity index (χ1v) is 48.2. The summed E-state index contributed by atoms with van der Waals surface area (Å²) in [6, 6.07) is 40.2. The van der Waals surface area contributed by atoms with Crippen molar-refractivity contribution in [3.63, 3.8) is 0 Å². The van der Waals surface area contributed by atoms with Crippen molar-refractivity contribution in [2.75, 3.05) is 86.1 Å². The average molecular weight is 1890 g/mol. The molecule has 0 aliphatic carbocycles. The smallest absolute Gasteiger partial charge is 0.275 e. The van der Waals surface area contributed by atoms with Gasteiger partial charge in [-0.1, -0.05) is 25.1 Å². The van der Waals surface area contributed by atoms with Gasteiger partial charge < -0.3 is 38.6 Å². The lowest BCUT2D eigenvalue weighted by atomic mass is 9.93. The fraction of sp³-hybridized carbons (Fsp3) is 0.346. The van der Waals surface area contributed by atoms with Crippen LogP contribution in [0.5, 0.6) is 0 Å². The van der Waals surface area contributed by atoms with Crippen LogP contribution in [0.4, 0.5) is 0 Å². The summed E-state index contributed by atoms with van der Waals surface area (Å²) in [5.74, 6) is 3.79. The quantitative estimate of drug-likeness (QED) is 0.121. The summed E-state index contributed by atoms with van der Waals surface area (Å²) < 4.78 is 27.8. The van der Waals surface area contributed by atoms with Gasteiger partial charge in [0.05, 0.1) is 116 Å². The predicted octanol–water partition coefficient (Wildman–Crippen LogP) is 13.2. The highest BCUT2D eigenvalue weighted by Crippen LogP contribution is 2.35. The number of rotatable bonds is 11. The Morgan fingerprint density at radius 3 is 1.01 bits per heavy atom. The maximum Gasteiger partial charge on any atom is 0.275 e. The highest BCUT2D eigenvalue weighted by Gasteiger charge is 2.28. The first-order valence-electron chi connectivity index (χ1n) is 48.2. The van der Waals surface area contributed by atoms with Gasteiger partial charge in [-0.15, -0.1) is 0 Å². The average Bonchev–Trinajstić information content (AvgIpc) is 1.65. The summed E-state index contributed by atoms with van der Waals surface area (Å²) >= 11 is 0. The van der Waals surface area contributed by atoms with Crippen molar-refractivity contribution in [2.24, 2.45) is 0 Å². The molecule has 141 heavy (non-hydrogen) atoms. The van der Waals surface area contributed by atoms with E-state index >= 15 is 0 Å². The summed E-state index contributed by atoms with van der Waals surface area (Å²) in [6.07, 6.45) is 21.3. The molecule has 17 aromatic heterocycles. The topological polar surface area (TPSA) is 409 Å². The monoisotopic (exact) mass is 1890 g/mol. The van der Waals surface area contributed by atoms with Gasteiger partial charge >= 0.3 is 0 Å². The molecule has 0 radical (unpaired) electrons. The van der Waals surface area contributed by atoms with Crippen molar-refractivity contribution >= 4 is 72.6 Å². The van der Waals surface area contributed by atoms with E-state index in [9.17, 15) is 24.0 Å². The molecule has 20 aromatic rings. The van der Waals surface area contributed by atoms with Crippen LogP contribution in [0.2, 0.25) is 0 Å². The first-order chi connectivity index (χ1) is 68.4. The Kier molecular flexibility index (Phi) is 25.5. The Hall–Kier alpha value is -15.4. The first kappa shape index (κ1) is 91.9. The van der Waals surface area contributed by atoms with E-state index < -0.39 is 0 Å². The number of oxazole rings is 3. The van der Waals surface area contributed by atoms with Crippen LogP contribution in [0.1, 0.15) is 170 Å². The fourth-order valence-corrected chi connectivity index (χ4v) is 19.7. The summed E-state index contributed by atoms with van der Waals surface area (Å²) in [5, 5.41) is 29.7. The molecule has 716 valence electrons. The highest BCUT2D eigenvalue weighted by atomic mass is 16.4. The minimum Gasteiger partial charge on any atom is -0.441 e. The number of hydrogen-bond donors (Lipinski definition) is 2.